The SMILES string of the molecule is CCCc1cc(C(C#N)CCl)ncn1. The zero-order valence-corrected chi connectivity index (χ0v) is 8.83. The van der Waals surface area contributed by atoms with Crippen molar-refractivity contribution in [1.82, 2.24) is 9.97 Å². The van der Waals surface area contributed by atoms with Gasteiger partial charge in [-0.2, -0.15) is 5.26 Å². The van der Waals surface area contributed by atoms with Crippen LogP contribution in [0.15, 0.2) is 12.4 Å². The van der Waals surface area contributed by atoms with Gasteiger partial charge in [-0.3, -0.25) is 0 Å². The summed E-state index contributed by atoms with van der Waals surface area (Å²) < 4.78 is 0. The molecule has 0 N–H and O–H groups in total. The van der Waals surface area contributed by atoms with Gasteiger partial charge in [-0.25, -0.2) is 9.97 Å². The topological polar surface area (TPSA) is 49.6 Å². The van der Waals surface area contributed by atoms with Crippen molar-refractivity contribution in [2.45, 2.75) is 25.7 Å². The summed E-state index contributed by atoms with van der Waals surface area (Å²) in [6.45, 7) is 2.09. The van der Waals surface area contributed by atoms with E-state index in [-0.39, 0.29) is 11.8 Å². The van der Waals surface area contributed by atoms with Crippen LogP contribution < -0.4 is 0 Å². The molecule has 0 aromatic carbocycles. The third-order valence-electron chi connectivity index (χ3n) is 1.92. The minimum atomic E-state index is -0.324. The molecule has 1 unspecified atom stereocenters. The minimum absolute atomic E-state index is 0.277. The number of aromatic nitrogens is 2. The van der Waals surface area contributed by atoms with Crippen molar-refractivity contribution in [3.63, 3.8) is 0 Å². The summed E-state index contributed by atoms with van der Waals surface area (Å²) >= 11 is 5.65. The molecule has 74 valence electrons. The minimum Gasteiger partial charge on any atom is -0.241 e. The second-order valence-corrected chi connectivity index (χ2v) is 3.33. The van der Waals surface area contributed by atoms with Crippen molar-refractivity contribution < 1.29 is 0 Å². The van der Waals surface area contributed by atoms with Crippen LogP contribution in [0.2, 0.25) is 0 Å². The van der Waals surface area contributed by atoms with Crippen molar-refractivity contribution >= 4 is 11.6 Å². The first-order valence-electron chi connectivity index (χ1n) is 4.58. The Morgan fingerprint density at radius 3 is 2.93 bits per heavy atom. The molecule has 0 amide bonds. The van der Waals surface area contributed by atoms with E-state index in [0.717, 1.165) is 24.2 Å². The van der Waals surface area contributed by atoms with Gasteiger partial charge in [-0.05, 0) is 12.5 Å². The van der Waals surface area contributed by atoms with Crippen molar-refractivity contribution in [3.05, 3.63) is 23.8 Å². The second-order valence-electron chi connectivity index (χ2n) is 3.02. The summed E-state index contributed by atoms with van der Waals surface area (Å²) in [4.78, 5) is 8.16. The molecule has 0 saturated carbocycles. The van der Waals surface area contributed by atoms with E-state index < -0.39 is 0 Å². The molecular weight excluding hydrogens is 198 g/mol. The van der Waals surface area contributed by atoms with E-state index in [1.807, 2.05) is 6.07 Å². The number of aryl methyl sites for hydroxylation is 1. The summed E-state index contributed by atoms with van der Waals surface area (Å²) in [5.41, 5.74) is 1.70. The fourth-order valence-electron chi connectivity index (χ4n) is 1.18. The Morgan fingerprint density at radius 1 is 1.57 bits per heavy atom. The molecule has 0 spiro atoms. The van der Waals surface area contributed by atoms with Crippen LogP contribution in [0.3, 0.4) is 0 Å². The highest BCUT2D eigenvalue weighted by atomic mass is 35.5. The van der Waals surface area contributed by atoms with Gasteiger partial charge in [0.1, 0.15) is 12.2 Å². The van der Waals surface area contributed by atoms with Gasteiger partial charge in [0.25, 0.3) is 0 Å². The second kappa shape index (κ2) is 5.56. The summed E-state index contributed by atoms with van der Waals surface area (Å²) in [5.74, 6) is -0.0470. The molecule has 0 bridgehead atoms. The van der Waals surface area contributed by atoms with Gasteiger partial charge in [0, 0.05) is 11.6 Å². The lowest BCUT2D eigenvalue weighted by molar-refractivity contribution is 0.838. The highest BCUT2D eigenvalue weighted by Crippen LogP contribution is 2.14. The summed E-state index contributed by atoms with van der Waals surface area (Å²) in [7, 11) is 0. The smallest absolute Gasteiger partial charge is 0.115 e. The van der Waals surface area contributed by atoms with Gasteiger partial charge >= 0.3 is 0 Å². The average Bonchev–Trinajstić information content (AvgIpc) is 2.21. The van der Waals surface area contributed by atoms with Gasteiger partial charge in [0.15, 0.2) is 0 Å². The van der Waals surface area contributed by atoms with E-state index in [0.29, 0.717) is 0 Å². The molecule has 4 heteroatoms. The summed E-state index contributed by atoms with van der Waals surface area (Å²) in [6.07, 6.45) is 3.45. The molecule has 0 radical (unpaired) electrons. The van der Waals surface area contributed by atoms with E-state index in [1.165, 1.54) is 6.33 Å². The molecule has 1 atom stereocenters. The van der Waals surface area contributed by atoms with Gasteiger partial charge in [0.05, 0.1) is 11.8 Å². The Balaban J connectivity index is 2.88. The molecule has 1 rings (SSSR count). The predicted molar refractivity (Wildman–Crippen MR) is 55.1 cm³/mol. The van der Waals surface area contributed by atoms with E-state index in [4.69, 9.17) is 16.9 Å². The Bertz CT molecular complexity index is 332. The van der Waals surface area contributed by atoms with Crippen LogP contribution >= 0.6 is 11.6 Å². The van der Waals surface area contributed by atoms with Crippen LogP contribution in [0.4, 0.5) is 0 Å². The van der Waals surface area contributed by atoms with Crippen LogP contribution in [0.25, 0.3) is 0 Å². The maximum Gasteiger partial charge on any atom is 0.115 e. The third kappa shape index (κ3) is 2.68. The molecule has 0 aliphatic heterocycles. The Hall–Kier alpha value is -1.14. The number of hydrogen-bond acceptors (Lipinski definition) is 3. The first-order valence-corrected chi connectivity index (χ1v) is 5.11. The predicted octanol–water partition coefficient (Wildman–Crippen LogP) is 2.28. The molecule has 1 aromatic heterocycles. The fraction of sp³-hybridized carbons (Fsp3) is 0.500. The zero-order valence-electron chi connectivity index (χ0n) is 8.07. The lowest BCUT2D eigenvalue weighted by Crippen LogP contribution is -2.02. The first kappa shape index (κ1) is 10.9. The molecule has 0 aliphatic rings. The average molecular weight is 210 g/mol. The van der Waals surface area contributed by atoms with E-state index in [9.17, 15) is 0 Å². The number of alkyl halides is 1. The maximum atomic E-state index is 8.81. The van der Waals surface area contributed by atoms with Gasteiger partial charge in [-0.1, -0.05) is 13.3 Å². The van der Waals surface area contributed by atoms with Gasteiger partial charge in [-0.15, -0.1) is 11.6 Å². The van der Waals surface area contributed by atoms with Crippen LogP contribution in [0.1, 0.15) is 30.7 Å². The number of nitrogens with zero attached hydrogens (tertiary/aromatic N) is 3. The molecule has 1 aromatic rings. The highest BCUT2D eigenvalue weighted by Gasteiger charge is 2.10. The lowest BCUT2D eigenvalue weighted by atomic mass is 10.1. The molecular formula is C10H12ClN3. The molecule has 0 saturated heterocycles. The number of hydrogen-bond donors (Lipinski definition) is 0. The van der Waals surface area contributed by atoms with Crippen LogP contribution in [0.5, 0.6) is 0 Å². The molecule has 0 aliphatic carbocycles. The van der Waals surface area contributed by atoms with Crippen molar-refractivity contribution in [2.75, 3.05) is 5.88 Å². The van der Waals surface area contributed by atoms with E-state index in [2.05, 4.69) is 23.0 Å². The molecule has 3 nitrogen and oxygen atoms in total. The first-order chi connectivity index (χ1) is 6.81. The van der Waals surface area contributed by atoms with Crippen molar-refractivity contribution in [1.29, 1.82) is 5.26 Å². The van der Waals surface area contributed by atoms with Crippen LogP contribution in [0, 0.1) is 11.3 Å². The summed E-state index contributed by atoms with van der Waals surface area (Å²) in [6, 6.07) is 3.98. The Morgan fingerprint density at radius 2 is 2.36 bits per heavy atom. The largest absolute Gasteiger partial charge is 0.241 e. The van der Waals surface area contributed by atoms with Crippen molar-refractivity contribution in [2.24, 2.45) is 0 Å². The van der Waals surface area contributed by atoms with Gasteiger partial charge < -0.3 is 0 Å². The third-order valence-corrected chi connectivity index (χ3v) is 2.23. The molecule has 0 fully saturated rings. The normalized spacial score (nSPS) is 12.1. The lowest BCUT2D eigenvalue weighted by Gasteiger charge is -2.05. The monoisotopic (exact) mass is 209 g/mol. The quantitative estimate of drug-likeness (QED) is 0.715. The standard InChI is InChI=1S/C10H12ClN3/c1-2-3-9-4-10(14-7-13-9)8(5-11)6-12/h4,7-8H,2-3,5H2,1H3. The van der Waals surface area contributed by atoms with E-state index in [1.54, 1.807) is 0 Å². The Kier molecular flexibility index (Phi) is 4.34. The Labute approximate surface area is 88.8 Å². The van der Waals surface area contributed by atoms with Crippen LogP contribution in [-0.2, 0) is 6.42 Å². The molecule has 1 heterocycles. The fourth-order valence-corrected chi connectivity index (χ4v) is 1.41. The summed E-state index contributed by atoms with van der Waals surface area (Å²) in [5, 5.41) is 8.81. The number of nitriles is 1. The van der Waals surface area contributed by atoms with Crippen LogP contribution in [-0.4, -0.2) is 15.8 Å². The maximum absolute atomic E-state index is 8.81. The van der Waals surface area contributed by atoms with Gasteiger partial charge in [0.2, 0.25) is 0 Å². The molecule has 14 heavy (non-hydrogen) atoms. The zero-order chi connectivity index (χ0) is 10.4. The number of halogens is 1. The highest BCUT2D eigenvalue weighted by molar-refractivity contribution is 6.18. The van der Waals surface area contributed by atoms with E-state index >= 15 is 0 Å². The van der Waals surface area contributed by atoms with Crippen molar-refractivity contribution in [3.8, 4) is 6.07 Å². The number of rotatable bonds is 4.